The summed E-state index contributed by atoms with van der Waals surface area (Å²) >= 11 is 0. The fourth-order valence-corrected chi connectivity index (χ4v) is 11.5. The third kappa shape index (κ3) is 7.12. The first-order valence-electron chi connectivity index (χ1n) is 25.6. The number of hydrogen-bond acceptors (Lipinski definition) is 4. The van der Waals surface area contributed by atoms with E-state index < -0.39 is 0 Å². The van der Waals surface area contributed by atoms with Crippen LogP contribution in [-0.4, -0.2) is 33.6 Å². The fourth-order valence-electron chi connectivity index (χ4n) is 11.5. The molecule has 352 valence electrons. The molecule has 0 spiro atoms. The molecular formula is C68H45N7. The molecule has 0 radical (unpaired) electrons. The Morgan fingerprint density at radius 1 is 0.293 bits per heavy atom. The van der Waals surface area contributed by atoms with Crippen molar-refractivity contribution in [2.75, 3.05) is 0 Å². The summed E-state index contributed by atoms with van der Waals surface area (Å²) in [5, 5.41) is 8.70. The highest BCUT2D eigenvalue weighted by atomic mass is 15.0. The van der Waals surface area contributed by atoms with Gasteiger partial charge >= 0.3 is 0 Å². The highest BCUT2D eigenvalue weighted by Crippen LogP contribution is 2.40. The molecule has 75 heavy (non-hydrogen) atoms. The van der Waals surface area contributed by atoms with Gasteiger partial charge in [0.2, 0.25) is 0 Å². The summed E-state index contributed by atoms with van der Waals surface area (Å²) in [4.78, 5) is 19.5. The molecule has 0 atom stereocenters. The largest absolute Gasteiger partial charge is 0.310 e. The quantitative estimate of drug-likeness (QED) is 0.152. The van der Waals surface area contributed by atoms with Gasteiger partial charge in [-0.1, -0.05) is 127 Å². The molecule has 15 rings (SSSR count). The molecule has 7 heteroatoms. The molecule has 7 nitrogen and oxygen atoms in total. The van der Waals surface area contributed by atoms with Crippen LogP contribution < -0.4 is 10.6 Å². The predicted molar refractivity (Wildman–Crippen MR) is 308 cm³/mol. The van der Waals surface area contributed by atoms with Crippen molar-refractivity contribution in [3.05, 3.63) is 247 Å². The summed E-state index contributed by atoms with van der Waals surface area (Å²) in [6.45, 7) is 0. The van der Waals surface area contributed by atoms with E-state index >= 15 is 0 Å². The van der Waals surface area contributed by atoms with Crippen molar-refractivity contribution in [1.29, 1.82) is 0 Å². The Morgan fingerprint density at radius 3 is 1.31 bits per heavy atom. The van der Waals surface area contributed by atoms with Crippen molar-refractivity contribution in [2.45, 2.75) is 12.8 Å². The number of fused-ring (bicyclic) bond motifs is 9. The van der Waals surface area contributed by atoms with Gasteiger partial charge in [0.25, 0.3) is 0 Å². The zero-order valence-corrected chi connectivity index (χ0v) is 40.7. The lowest BCUT2D eigenvalue weighted by Crippen LogP contribution is -2.30. The van der Waals surface area contributed by atoms with Crippen LogP contribution in [0.4, 0.5) is 0 Å². The van der Waals surface area contributed by atoms with Gasteiger partial charge < -0.3 is 13.7 Å². The second-order valence-electron chi connectivity index (χ2n) is 19.3. The van der Waals surface area contributed by atoms with Gasteiger partial charge in [-0.2, -0.15) is 0 Å². The van der Waals surface area contributed by atoms with Crippen LogP contribution in [0.2, 0.25) is 0 Å². The van der Waals surface area contributed by atoms with Crippen molar-refractivity contribution in [2.24, 2.45) is 0 Å². The standard InChI is InChI=1S/C68H45N7/c1-4-16-44(17-5-1)66-70-67(72-68(71-66)59-24-14-15-39-69-59)45-27-33-52(34-28-45)75-64-37-31-48(46-29-35-62-55(40-46)53-22-10-12-25-60(53)73(62)50-18-6-2-7-19-50)42-57(64)58-43-49(32-38-65(58)75)47-30-36-63-56(41-47)54-23-11-13-26-61(54)74(63)51-20-8-3-9-21-51/h1-10,12,14-43H,11,13H2. The first-order chi connectivity index (χ1) is 37.2. The Labute approximate surface area is 432 Å². The van der Waals surface area contributed by atoms with Crippen LogP contribution in [0.5, 0.6) is 0 Å². The molecule has 0 N–H and O–H groups in total. The first-order valence-corrected chi connectivity index (χ1v) is 25.6. The van der Waals surface area contributed by atoms with E-state index in [1.165, 1.54) is 76.4 Å². The topological polar surface area (TPSA) is 66.3 Å². The van der Waals surface area contributed by atoms with Gasteiger partial charge in [0.05, 0.1) is 27.6 Å². The van der Waals surface area contributed by atoms with E-state index in [-0.39, 0.29) is 0 Å². The van der Waals surface area contributed by atoms with Crippen LogP contribution in [0.25, 0.3) is 140 Å². The summed E-state index contributed by atoms with van der Waals surface area (Å²) in [5.41, 5.74) is 16.4. The molecule has 1 aliphatic rings. The summed E-state index contributed by atoms with van der Waals surface area (Å²) < 4.78 is 7.19. The highest BCUT2D eigenvalue weighted by molar-refractivity contribution is 6.13. The van der Waals surface area contributed by atoms with Crippen molar-refractivity contribution in [3.63, 3.8) is 0 Å². The van der Waals surface area contributed by atoms with E-state index in [1.807, 2.05) is 48.5 Å². The number of nitrogens with zero attached hydrogens (tertiary/aromatic N) is 7. The van der Waals surface area contributed by atoms with Crippen molar-refractivity contribution < 1.29 is 0 Å². The smallest absolute Gasteiger partial charge is 0.182 e. The molecule has 0 aliphatic heterocycles. The van der Waals surface area contributed by atoms with Gasteiger partial charge in [-0.3, -0.25) is 4.98 Å². The minimum atomic E-state index is 0.530. The van der Waals surface area contributed by atoms with Gasteiger partial charge in [-0.15, -0.1) is 0 Å². The van der Waals surface area contributed by atoms with Crippen LogP contribution in [0.15, 0.2) is 237 Å². The predicted octanol–water partition coefficient (Wildman–Crippen LogP) is 15.1. The number of para-hydroxylation sites is 3. The SMILES string of the molecule is C1=c2c(n(-c3ccccc3)c3ccc(-c4ccc5c(c4)c4cc(-c6ccc7c(c6)c6ccccc6n7-c6ccccc6)ccc4n5-c4ccc(-c5nc(-c6ccccc6)nc(-c6ccccn6)n5)cc4)cc23)=CCC1. The monoisotopic (exact) mass is 959 g/mol. The lowest BCUT2D eigenvalue weighted by molar-refractivity contribution is 1.02. The lowest BCUT2D eigenvalue weighted by Gasteiger charge is -2.11. The molecule has 14 aromatic rings. The maximum absolute atomic E-state index is 5.02. The molecule has 5 aromatic heterocycles. The number of pyridine rings is 1. The van der Waals surface area contributed by atoms with Gasteiger partial charge in [-0.05, 0) is 150 Å². The molecule has 1 aliphatic carbocycles. The van der Waals surface area contributed by atoms with Crippen LogP contribution in [0.1, 0.15) is 12.8 Å². The van der Waals surface area contributed by atoms with Gasteiger partial charge in [-0.25, -0.2) is 15.0 Å². The third-order valence-corrected chi connectivity index (χ3v) is 15.0. The van der Waals surface area contributed by atoms with Crippen molar-refractivity contribution >= 4 is 66.7 Å². The summed E-state index contributed by atoms with van der Waals surface area (Å²) in [6.07, 6.45) is 8.67. The summed E-state index contributed by atoms with van der Waals surface area (Å²) in [6, 6.07) is 82.5. The van der Waals surface area contributed by atoms with Crippen LogP contribution in [0, 0.1) is 0 Å². The zero-order chi connectivity index (χ0) is 49.4. The Balaban J connectivity index is 0.897. The lowest BCUT2D eigenvalue weighted by atomic mass is 9.98. The van der Waals surface area contributed by atoms with Crippen molar-refractivity contribution in [3.8, 4) is 73.6 Å². The van der Waals surface area contributed by atoms with Gasteiger partial charge in [0, 0.05) is 71.9 Å². The third-order valence-electron chi connectivity index (χ3n) is 15.0. The molecular weight excluding hydrogens is 915 g/mol. The normalized spacial score (nSPS) is 12.4. The first kappa shape index (κ1) is 42.7. The molecule has 0 bridgehead atoms. The zero-order valence-electron chi connectivity index (χ0n) is 40.7. The molecule has 5 heterocycles. The average Bonchev–Trinajstić information content (AvgIpc) is 4.13. The average molecular weight is 960 g/mol. The molecule has 0 saturated heterocycles. The van der Waals surface area contributed by atoms with Gasteiger partial charge in [0.15, 0.2) is 17.5 Å². The molecule has 0 unspecified atom stereocenters. The molecule has 0 fully saturated rings. The second kappa shape index (κ2) is 17.4. The summed E-state index contributed by atoms with van der Waals surface area (Å²) in [7, 11) is 0. The maximum Gasteiger partial charge on any atom is 0.182 e. The van der Waals surface area contributed by atoms with Crippen LogP contribution in [0.3, 0.4) is 0 Å². The maximum atomic E-state index is 5.02. The Kier molecular flexibility index (Phi) is 9.88. The van der Waals surface area contributed by atoms with Crippen molar-refractivity contribution in [1.82, 2.24) is 33.6 Å². The number of hydrogen-bond donors (Lipinski definition) is 0. The van der Waals surface area contributed by atoms with Crippen LogP contribution >= 0.6 is 0 Å². The van der Waals surface area contributed by atoms with E-state index in [2.05, 4.69) is 213 Å². The Morgan fingerprint density at radius 2 is 0.720 bits per heavy atom. The Bertz CT molecular complexity index is 4610. The minimum Gasteiger partial charge on any atom is -0.310 e. The number of aromatic nitrogens is 7. The van der Waals surface area contributed by atoms with E-state index in [9.17, 15) is 0 Å². The van der Waals surface area contributed by atoms with E-state index in [1.54, 1.807) is 6.20 Å². The van der Waals surface area contributed by atoms with E-state index in [4.69, 9.17) is 15.0 Å². The van der Waals surface area contributed by atoms with E-state index in [0.717, 1.165) is 51.9 Å². The minimum absolute atomic E-state index is 0.530. The molecule has 0 amide bonds. The Hall–Kier alpha value is -9.98. The molecule has 0 saturated carbocycles. The van der Waals surface area contributed by atoms with Crippen LogP contribution in [-0.2, 0) is 0 Å². The fraction of sp³-hybridized carbons (Fsp3) is 0.0294. The van der Waals surface area contributed by atoms with E-state index in [0.29, 0.717) is 23.2 Å². The highest BCUT2D eigenvalue weighted by Gasteiger charge is 2.20. The summed E-state index contributed by atoms with van der Waals surface area (Å²) in [5.74, 6) is 1.72. The van der Waals surface area contributed by atoms with Gasteiger partial charge in [0.1, 0.15) is 5.69 Å². The molecule has 9 aromatic carbocycles. The number of rotatable bonds is 8. The number of benzene rings is 9. The second-order valence-corrected chi connectivity index (χ2v) is 19.3.